The highest BCUT2D eigenvalue weighted by Gasteiger charge is 2.19. The predicted octanol–water partition coefficient (Wildman–Crippen LogP) is 3.02. The average Bonchev–Trinajstić information content (AvgIpc) is 3.00. The van der Waals surface area contributed by atoms with E-state index in [1.54, 1.807) is 0 Å². The number of benzene rings is 1. The Bertz CT molecular complexity index is 636. The van der Waals surface area contributed by atoms with Gasteiger partial charge >= 0.3 is 0 Å². The van der Waals surface area contributed by atoms with Crippen LogP contribution in [0.4, 0.5) is 0 Å². The van der Waals surface area contributed by atoms with Crippen molar-refractivity contribution in [3.63, 3.8) is 0 Å². The molecule has 1 fully saturated rings. The molecule has 1 saturated heterocycles. The molecule has 1 aliphatic heterocycles. The predicted molar refractivity (Wildman–Crippen MR) is 95.8 cm³/mol. The molecule has 5 nitrogen and oxygen atoms in total. The van der Waals surface area contributed by atoms with E-state index in [0.29, 0.717) is 0 Å². The Kier molecular flexibility index (Phi) is 5.96. The molecule has 0 unspecified atom stereocenters. The van der Waals surface area contributed by atoms with Gasteiger partial charge in [-0.1, -0.05) is 24.3 Å². The fraction of sp³-hybridized carbons (Fsp3) is 0.632. The highest BCUT2D eigenvalue weighted by atomic mass is 15.5. The third kappa shape index (κ3) is 4.63. The van der Waals surface area contributed by atoms with Gasteiger partial charge in [0, 0.05) is 13.1 Å². The molecule has 5 heteroatoms. The zero-order chi connectivity index (χ0) is 16.8. The molecule has 24 heavy (non-hydrogen) atoms. The molecule has 3 rings (SSSR count). The molecule has 0 radical (unpaired) electrons. The SMILES string of the molecule is Cc1ccccc1CC[C@H]1CCCN(CCCn2nnnc2C)C1. The summed E-state index contributed by atoms with van der Waals surface area (Å²) < 4.78 is 1.90. The Hall–Kier alpha value is -1.75. The quantitative estimate of drug-likeness (QED) is 0.784. The number of hydrogen-bond donors (Lipinski definition) is 0. The molecule has 0 N–H and O–H groups in total. The van der Waals surface area contributed by atoms with Crippen molar-refractivity contribution in [1.29, 1.82) is 0 Å². The molecule has 0 amide bonds. The summed E-state index contributed by atoms with van der Waals surface area (Å²) >= 11 is 0. The second-order valence-corrected chi connectivity index (χ2v) is 7.08. The Morgan fingerprint density at radius 2 is 2.04 bits per heavy atom. The van der Waals surface area contributed by atoms with E-state index in [4.69, 9.17) is 0 Å². The Balaban J connectivity index is 1.41. The van der Waals surface area contributed by atoms with Gasteiger partial charge in [0.25, 0.3) is 0 Å². The fourth-order valence-corrected chi connectivity index (χ4v) is 3.74. The van der Waals surface area contributed by atoms with E-state index in [-0.39, 0.29) is 0 Å². The lowest BCUT2D eigenvalue weighted by Crippen LogP contribution is -2.36. The van der Waals surface area contributed by atoms with Gasteiger partial charge in [-0.15, -0.1) is 5.10 Å². The molecule has 0 aliphatic carbocycles. The molecule has 0 bridgehead atoms. The van der Waals surface area contributed by atoms with E-state index in [1.807, 2.05) is 11.6 Å². The minimum absolute atomic E-state index is 0.841. The van der Waals surface area contributed by atoms with E-state index < -0.39 is 0 Å². The van der Waals surface area contributed by atoms with Gasteiger partial charge in [-0.05, 0) is 86.5 Å². The summed E-state index contributed by atoms with van der Waals surface area (Å²) in [4.78, 5) is 2.63. The standard InChI is InChI=1S/C19H29N5/c1-16-7-3-4-9-19(16)11-10-18-8-5-12-23(15-18)13-6-14-24-17(2)20-21-22-24/h3-4,7,9,18H,5-6,8,10-15H2,1-2H3/t18-/m1/s1. The van der Waals surface area contributed by atoms with Gasteiger partial charge in [-0.3, -0.25) is 0 Å². The first-order chi connectivity index (χ1) is 11.7. The van der Waals surface area contributed by atoms with Gasteiger partial charge in [-0.25, -0.2) is 4.68 Å². The molecular weight excluding hydrogens is 298 g/mol. The van der Waals surface area contributed by atoms with Crippen LogP contribution in [-0.2, 0) is 13.0 Å². The fourth-order valence-electron chi connectivity index (χ4n) is 3.74. The third-order valence-corrected chi connectivity index (χ3v) is 5.24. The topological polar surface area (TPSA) is 46.8 Å². The van der Waals surface area contributed by atoms with E-state index in [2.05, 4.69) is 51.6 Å². The third-order valence-electron chi connectivity index (χ3n) is 5.24. The highest BCUT2D eigenvalue weighted by Crippen LogP contribution is 2.22. The van der Waals surface area contributed by atoms with Crippen molar-refractivity contribution >= 4 is 0 Å². The number of piperidine rings is 1. The van der Waals surface area contributed by atoms with Gasteiger partial charge in [0.15, 0.2) is 0 Å². The van der Waals surface area contributed by atoms with Crippen LogP contribution in [0.1, 0.15) is 42.6 Å². The number of rotatable bonds is 7. The van der Waals surface area contributed by atoms with Crippen molar-refractivity contribution in [2.24, 2.45) is 5.92 Å². The second-order valence-electron chi connectivity index (χ2n) is 7.08. The minimum atomic E-state index is 0.841. The molecule has 0 saturated carbocycles. The van der Waals surface area contributed by atoms with Crippen LogP contribution in [0.25, 0.3) is 0 Å². The molecule has 2 aromatic rings. The Morgan fingerprint density at radius 1 is 1.17 bits per heavy atom. The van der Waals surface area contributed by atoms with E-state index in [0.717, 1.165) is 31.3 Å². The smallest absolute Gasteiger partial charge is 0.148 e. The van der Waals surface area contributed by atoms with Crippen LogP contribution in [0.3, 0.4) is 0 Å². The maximum absolute atomic E-state index is 4.02. The summed E-state index contributed by atoms with van der Waals surface area (Å²) in [6.07, 6.45) is 6.37. The van der Waals surface area contributed by atoms with Crippen LogP contribution in [0.15, 0.2) is 24.3 Å². The number of nitrogens with zero attached hydrogens (tertiary/aromatic N) is 5. The zero-order valence-electron chi connectivity index (χ0n) is 15.0. The lowest BCUT2D eigenvalue weighted by atomic mass is 9.90. The zero-order valence-corrected chi connectivity index (χ0v) is 15.0. The maximum Gasteiger partial charge on any atom is 0.148 e. The van der Waals surface area contributed by atoms with Crippen molar-refractivity contribution in [1.82, 2.24) is 25.1 Å². The summed E-state index contributed by atoms with van der Waals surface area (Å²) in [5, 5.41) is 11.7. The molecule has 1 aromatic heterocycles. The van der Waals surface area contributed by atoms with Gasteiger partial charge in [0.2, 0.25) is 0 Å². The van der Waals surface area contributed by atoms with Crippen LogP contribution in [0, 0.1) is 19.8 Å². The summed E-state index contributed by atoms with van der Waals surface area (Å²) in [5.74, 6) is 1.75. The van der Waals surface area contributed by atoms with Crippen molar-refractivity contribution in [2.45, 2.75) is 52.5 Å². The van der Waals surface area contributed by atoms with Crippen molar-refractivity contribution < 1.29 is 0 Å². The first-order valence-corrected chi connectivity index (χ1v) is 9.22. The second kappa shape index (κ2) is 8.38. The van der Waals surface area contributed by atoms with Crippen molar-refractivity contribution in [2.75, 3.05) is 19.6 Å². The van der Waals surface area contributed by atoms with Crippen molar-refractivity contribution in [3.8, 4) is 0 Å². The highest BCUT2D eigenvalue weighted by molar-refractivity contribution is 5.25. The van der Waals surface area contributed by atoms with E-state index in [9.17, 15) is 0 Å². The minimum Gasteiger partial charge on any atom is -0.303 e. The number of hydrogen-bond acceptors (Lipinski definition) is 4. The molecular formula is C19H29N5. The average molecular weight is 327 g/mol. The monoisotopic (exact) mass is 327 g/mol. The van der Waals surface area contributed by atoms with Crippen LogP contribution in [-0.4, -0.2) is 44.7 Å². The van der Waals surface area contributed by atoms with Crippen LogP contribution >= 0.6 is 0 Å². The summed E-state index contributed by atoms with van der Waals surface area (Å²) in [6.45, 7) is 8.76. The molecule has 2 heterocycles. The summed E-state index contributed by atoms with van der Waals surface area (Å²) in [6, 6.07) is 8.80. The first-order valence-electron chi connectivity index (χ1n) is 9.22. The van der Waals surface area contributed by atoms with Gasteiger partial charge < -0.3 is 4.90 Å². The van der Waals surface area contributed by atoms with Gasteiger partial charge in [0.05, 0.1) is 0 Å². The maximum atomic E-state index is 4.02. The number of likely N-dealkylation sites (tertiary alicyclic amines) is 1. The summed E-state index contributed by atoms with van der Waals surface area (Å²) in [7, 11) is 0. The van der Waals surface area contributed by atoms with Crippen molar-refractivity contribution in [3.05, 3.63) is 41.2 Å². The lowest BCUT2D eigenvalue weighted by molar-refractivity contribution is 0.164. The number of tetrazole rings is 1. The van der Waals surface area contributed by atoms with E-state index in [1.165, 1.54) is 49.9 Å². The normalized spacial score (nSPS) is 18.8. The molecule has 130 valence electrons. The van der Waals surface area contributed by atoms with Crippen LogP contribution < -0.4 is 0 Å². The molecule has 1 aromatic carbocycles. The van der Waals surface area contributed by atoms with E-state index >= 15 is 0 Å². The molecule has 1 atom stereocenters. The van der Waals surface area contributed by atoms with Gasteiger partial charge in [-0.2, -0.15) is 0 Å². The van der Waals surface area contributed by atoms with Crippen LogP contribution in [0.2, 0.25) is 0 Å². The molecule has 0 spiro atoms. The summed E-state index contributed by atoms with van der Waals surface area (Å²) in [5.41, 5.74) is 2.95. The Labute approximate surface area is 145 Å². The largest absolute Gasteiger partial charge is 0.303 e. The number of aryl methyl sites for hydroxylation is 4. The Morgan fingerprint density at radius 3 is 2.83 bits per heavy atom. The van der Waals surface area contributed by atoms with Crippen LogP contribution in [0.5, 0.6) is 0 Å². The lowest BCUT2D eigenvalue weighted by Gasteiger charge is -2.33. The van der Waals surface area contributed by atoms with Gasteiger partial charge in [0.1, 0.15) is 5.82 Å². The first kappa shape index (κ1) is 17.1. The number of aromatic nitrogens is 4. The molecule has 1 aliphatic rings.